The zero-order valence-electron chi connectivity index (χ0n) is 18.7. The third kappa shape index (κ3) is 3.71. The molecule has 3 heterocycles. The van der Waals surface area contributed by atoms with E-state index in [4.69, 9.17) is 0 Å². The summed E-state index contributed by atoms with van der Waals surface area (Å²) in [4.78, 5) is 28.2. The summed E-state index contributed by atoms with van der Waals surface area (Å²) in [5.41, 5.74) is 1.58. The molecule has 7 nitrogen and oxygen atoms in total. The van der Waals surface area contributed by atoms with E-state index in [-0.39, 0.29) is 29.2 Å². The number of aromatic amines is 1. The molecule has 3 aliphatic carbocycles. The van der Waals surface area contributed by atoms with Gasteiger partial charge < -0.3 is 15.4 Å². The maximum Gasteiger partial charge on any atom is 0.308 e. The molecule has 3 aromatic heterocycles. The summed E-state index contributed by atoms with van der Waals surface area (Å²) in [5.74, 6) is -2.28. The van der Waals surface area contributed by atoms with E-state index in [1.807, 2.05) is 6.07 Å². The van der Waals surface area contributed by atoms with Crippen LogP contribution in [0.15, 0.2) is 48.8 Å². The molecule has 2 atom stereocenters. The van der Waals surface area contributed by atoms with Crippen LogP contribution in [0.2, 0.25) is 0 Å². The number of carbonyl (C=O) groups is 1. The zero-order valence-corrected chi connectivity index (χ0v) is 18.7. The number of benzene rings is 1. The molecule has 35 heavy (non-hydrogen) atoms. The lowest BCUT2D eigenvalue weighted by molar-refractivity contribution is -0.148. The fourth-order valence-electron chi connectivity index (χ4n) is 5.78. The van der Waals surface area contributed by atoms with Gasteiger partial charge in [0.25, 0.3) is 0 Å². The first-order valence-electron chi connectivity index (χ1n) is 11.7. The molecule has 4 aromatic rings. The van der Waals surface area contributed by atoms with Crippen LogP contribution < -0.4 is 5.32 Å². The molecule has 3 fully saturated rings. The lowest BCUT2D eigenvalue weighted by atomic mass is 9.61. The fourth-order valence-corrected chi connectivity index (χ4v) is 5.78. The molecule has 0 spiro atoms. The summed E-state index contributed by atoms with van der Waals surface area (Å²) < 4.78 is 29.8. The number of hydrogen-bond donors (Lipinski definition) is 3. The Morgan fingerprint density at radius 3 is 2.54 bits per heavy atom. The third-order valence-electron chi connectivity index (χ3n) is 7.44. The number of aliphatic carboxylic acids is 1. The van der Waals surface area contributed by atoms with Gasteiger partial charge in [-0.2, -0.15) is 0 Å². The second-order valence-corrected chi connectivity index (χ2v) is 9.39. The minimum Gasteiger partial charge on any atom is -0.481 e. The summed E-state index contributed by atoms with van der Waals surface area (Å²) in [5, 5.41) is 13.6. The molecule has 0 amide bonds. The van der Waals surface area contributed by atoms with Gasteiger partial charge in [-0.3, -0.25) is 4.79 Å². The first-order chi connectivity index (χ1) is 17.0. The van der Waals surface area contributed by atoms with E-state index in [1.165, 1.54) is 6.07 Å². The van der Waals surface area contributed by atoms with E-state index in [0.29, 0.717) is 22.2 Å². The van der Waals surface area contributed by atoms with Crippen molar-refractivity contribution in [3.05, 3.63) is 60.4 Å². The maximum atomic E-state index is 15.9. The van der Waals surface area contributed by atoms with Crippen molar-refractivity contribution in [3.8, 4) is 22.6 Å². The summed E-state index contributed by atoms with van der Waals surface area (Å²) in [6, 6.07) is 9.80. The summed E-state index contributed by atoms with van der Waals surface area (Å²) in [7, 11) is 0. The van der Waals surface area contributed by atoms with Crippen LogP contribution in [0.5, 0.6) is 0 Å². The number of rotatable bonds is 5. The molecular formula is C26H23F2N5O2. The van der Waals surface area contributed by atoms with Crippen molar-refractivity contribution >= 4 is 22.8 Å². The summed E-state index contributed by atoms with van der Waals surface area (Å²) >= 11 is 0. The number of aromatic nitrogens is 4. The number of H-pyrrole nitrogens is 1. The van der Waals surface area contributed by atoms with Gasteiger partial charge in [0.1, 0.15) is 17.2 Å². The molecule has 0 radical (unpaired) electrons. The van der Waals surface area contributed by atoms with E-state index >= 15 is 4.39 Å². The van der Waals surface area contributed by atoms with Gasteiger partial charge in [-0.25, -0.2) is 23.7 Å². The first kappa shape index (κ1) is 21.6. The normalized spacial score (nSPS) is 23.5. The second-order valence-electron chi connectivity index (χ2n) is 9.39. The number of fused-ring (bicyclic) bond motifs is 4. The van der Waals surface area contributed by atoms with Gasteiger partial charge in [-0.05, 0) is 43.6 Å². The summed E-state index contributed by atoms with van der Waals surface area (Å²) in [6.07, 6.45) is 6.29. The Hall–Kier alpha value is -3.88. The van der Waals surface area contributed by atoms with Crippen molar-refractivity contribution in [3.63, 3.8) is 0 Å². The highest BCUT2D eigenvalue weighted by molar-refractivity contribution is 5.92. The van der Waals surface area contributed by atoms with E-state index in [9.17, 15) is 14.3 Å². The lowest BCUT2D eigenvalue weighted by Crippen LogP contribution is -2.51. The SMILES string of the molecule is O=C(O)C1C2CCC(CC2)C1Nc1nc(-c2c[nH]c3ncc(F)cc23)nc(-c2ccccc2)c1F. The highest BCUT2D eigenvalue weighted by atomic mass is 19.1. The predicted molar refractivity (Wildman–Crippen MR) is 126 cm³/mol. The largest absolute Gasteiger partial charge is 0.481 e. The number of nitrogens with one attached hydrogen (secondary N) is 2. The zero-order chi connectivity index (χ0) is 24.1. The quantitative estimate of drug-likeness (QED) is 0.364. The van der Waals surface area contributed by atoms with Gasteiger partial charge in [-0.1, -0.05) is 30.3 Å². The smallest absolute Gasteiger partial charge is 0.308 e. The Labute approximate surface area is 199 Å². The Morgan fingerprint density at radius 2 is 1.80 bits per heavy atom. The van der Waals surface area contributed by atoms with E-state index in [1.54, 1.807) is 30.5 Å². The van der Waals surface area contributed by atoms with Crippen molar-refractivity contribution in [2.75, 3.05) is 5.32 Å². The van der Waals surface area contributed by atoms with E-state index < -0.39 is 29.6 Å². The molecule has 1 aromatic carbocycles. The van der Waals surface area contributed by atoms with Crippen molar-refractivity contribution in [1.82, 2.24) is 19.9 Å². The van der Waals surface area contributed by atoms with Crippen LogP contribution in [0, 0.1) is 29.4 Å². The number of nitrogens with zero attached hydrogens (tertiary/aromatic N) is 3. The molecule has 178 valence electrons. The highest BCUT2D eigenvalue weighted by Gasteiger charge is 2.47. The fraction of sp³-hybridized carbons (Fsp3) is 0.308. The van der Waals surface area contributed by atoms with Crippen molar-refractivity contribution in [2.24, 2.45) is 17.8 Å². The number of pyridine rings is 1. The van der Waals surface area contributed by atoms with Gasteiger partial charge in [0.15, 0.2) is 17.5 Å². The number of carboxylic acids is 1. The van der Waals surface area contributed by atoms with Gasteiger partial charge in [0, 0.05) is 28.8 Å². The van der Waals surface area contributed by atoms with Crippen LogP contribution >= 0.6 is 0 Å². The average molecular weight is 475 g/mol. The van der Waals surface area contributed by atoms with Crippen LogP contribution in [0.4, 0.5) is 14.6 Å². The second kappa shape index (κ2) is 8.41. The Balaban J connectivity index is 1.50. The Kier molecular flexibility index (Phi) is 5.20. The van der Waals surface area contributed by atoms with Gasteiger partial charge in [0.05, 0.1) is 12.1 Å². The number of anilines is 1. The molecule has 2 unspecified atom stereocenters. The number of hydrogen-bond acceptors (Lipinski definition) is 5. The van der Waals surface area contributed by atoms with Crippen LogP contribution in [0.3, 0.4) is 0 Å². The predicted octanol–water partition coefficient (Wildman–Crippen LogP) is 5.27. The van der Waals surface area contributed by atoms with Crippen LogP contribution in [0.1, 0.15) is 25.7 Å². The average Bonchev–Trinajstić information content (AvgIpc) is 3.29. The Morgan fingerprint density at radius 1 is 1.06 bits per heavy atom. The van der Waals surface area contributed by atoms with Crippen LogP contribution in [0.25, 0.3) is 33.7 Å². The lowest BCUT2D eigenvalue weighted by Gasteiger charge is -2.47. The minimum absolute atomic E-state index is 0.0450. The van der Waals surface area contributed by atoms with Gasteiger partial charge in [-0.15, -0.1) is 0 Å². The standard InChI is InChI=1S/C26H23F2N5O2/c27-16-10-17-18(12-30-23(17)29-11-16)24-32-22(14-4-2-1-3-5-14)20(28)25(33-24)31-21-15-8-6-13(7-9-15)19(21)26(34)35/h1-5,10-13,15,19,21H,6-9H2,(H,29,30)(H,34,35)(H,31,32,33). The molecule has 9 heteroatoms. The molecule has 3 aliphatic rings. The molecule has 0 aliphatic heterocycles. The molecule has 2 bridgehead atoms. The Bertz CT molecular complexity index is 1420. The van der Waals surface area contributed by atoms with Crippen molar-refractivity contribution in [1.29, 1.82) is 0 Å². The van der Waals surface area contributed by atoms with Gasteiger partial charge in [0.2, 0.25) is 0 Å². The first-order valence-corrected chi connectivity index (χ1v) is 11.7. The van der Waals surface area contributed by atoms with Crippen LogP contribution in [-0.4, -0.2) is 37.1 Å². The minimum atomic E-state index is -0.868. The summed E-state index contributed by atoms with van der Waals surface area (Å²) in [6.45, 7) is 0. The molecule has 3 saturated carbocycles. The van der Waals surface area contributed by atoms with E-state index in [2.05, 4.69) is 25.3 Å². The van der Waals surface area contributed by atoms with Gasteiger partial charge >= 0.3 is 5.97 Å². The van der Waals surface area contributed by atoms with Crippen molar-refractivity contribution in [2.45, 2.75) is 31.7 Å². The van der Waals surface area contributed by atoms with Crippen LogP contribution in [-0.2, 0) is 4.79 Å². The molecule has 0 saturated heterocycles. The number of halogens is 2. The van der Waals surface area contributed by atoms with Crippen molar-refractivity contribution < 1.29 is 18.7 Å². The maximum absolute atomic E-state index is 15.9. The van der Waals surface area contributed by atoms with E-state index in [0.717, 1.165) is 31.9 Å². The monoisotopic (exact) mass is 475 g/mol. The third-order valence-corrected chi connectivity index (χ3v) is 7.44. The molecular weight excluding hydrogens is 452 g/mol. The molecule has 3 N–H and O–H groups in total. The highest BCUT2D eigenvalue weighted by Crippen LogP contribution is 2.46. The number of carboxylic acid groups (broad SMARTS) is 1. The topological polar surface area (TPSA) is 104 Å². The molecule has 7 rings (SSSR count).